The molecule has 0 spiro atoms. The first kappa shape index (κ1) is 23.6. The zero-order valence-electron chi connectivity index (χ0n) is 18.9. The summed E-state index contributed by atoms with van der Waals surface area (Å²) in [6.07, 6.45) is 3.82. The molecule has 0 aromatic heterocycles. The molecule has 0 saturated carbocycles. The van der Waals surface area contributed by atoms with Gasteiger partial charge in [-0.3, -0.25) is 14.5 Å². The number of carbonyl (C=O) groups is 3. The number of nitrogens with one attached hydrogen (secondary N) is 1. The van der Waals surface area contributed by atoms with Gasteiger partial charge in [-0.25, -0.2) is 13.6 Å². The average molecular weight is 464 g/mol. The number of benzene rings is 1. The van der Waals surface area contributed by atoms with Crippen molar-refractivity contribution in [2.24, 2.45) is 5.92 Å². The van der Waals surface area contributed by atoms with Gasteiger partial charge in [-0.15, -0.1) is 0 Å². The second kappa shape index (κ2) is 9.75. The molecule has 3 fully saturated rings. The van der Waals surface area contributed by atoms with Gasteiger partial charge in [-0.1, -0.05) is 13.3 Å². The van der Waals surface area contributed by atoms with E-state index in [2.05, 4.69) is 5.32 Å². The number of halogens is 2. The predicted molar refractivity (Wildman–Crippen MR) is 116 cm³/mol. The largest absolute Gasteiger partial charge is 0.376 e. The van der Waals surface area contributed by atoms with Gasteiger partial charge in [0.1, 0.15) is 17.2 Å². The smallest absolute Gasteiger partial charge is 0.325 e. The Morgan fingerprint density at radius 1 is 1.21 bits per heavy atom. The normalized spacial score (nSPS) is 26.2. The maximum absolute atomic E-state index is 13.9. The second-order valence-electron chi connectivity index (χ2n) is 9.27. The molecular weight excluding hydrogens is 432 g/mol. The maximum Gasteiger partial charge on any atom is 0.325 e. The van der Waals surface area contributed by atoms with Gasteiger partial charge in [-0.2, -0.15) is 0 Å². The molecule has 0 aliphatic carbocycles. The molecule has 1 aromatic carbocycles. The van der Waals surface area contributed by atoms with Crippen LogP contribution in [0.3, 0.4) is 0 Å². The van der Waals surface area contributed by atoms with E-state index in [1.54, 1.807) is 4.90 Å². The molecule has 3 aliphatic heterocycles. The molecule has 3 saturated heterocycles. The molecule has 33 heavy (non-hydrogen) atoms. The van der Waals surface area contributed by atoms with E-state index < -0.39 is 17.2 Å². The maximum atomic E-state index is 13.9. The highest BCUT2D eigenvalue weighted by Gasteiger charge is 2.55. The van der Waals surface area contributed by atoms with Crippen LogP contribution in [0.25, 0.3) is 0 Å². The second-order valence-corrected chi connectivity index (χ2v) is 9.27. The molecule has 180 valence electrons. The fraction of sp³-hybridized carbons (Fsp3) is 0.625. The molecule has 1 aromatic rings. The van der Waals surface area contributed by atoms with Crippen molar-refractivity contribution in [2.45, 2.75) is 63.5 Å². The summed E-state index contributed by atoms with van der Waals surface area (Å²) < 4.78 is 33.0. The van der Waals surface area contributed by atoms with Crippen molar-refractivity contribution in [1.29, 1.82) is 0 Å². The van der Waals surface area contributed by atoms with Gasteiger partial charge in [0.25, 0.3) is 5.91 Å². The summed E-state index contributed by atoms with van der Waals surface area (Å²) in [4.78, 5) is 41.9. The molecule has 2 atom stereocenters. The van der Waals surface area contributed by atoms with Crippen molar-refractivity contribution >= 4 is 17.8 Å². The van der Waals surface area contributed by atoms with Crippen LogP contribution in [0.15, 0.2) is 18.2 Å². The minimum Gasteiger partial charge on any atom is -0.376 e. The van der Waals surface area contributed by atoms with E-state index in [9.17, 15) is 23.2 Å². The lowest BCUT2D eigenvalue weighted by molar-refractivity contribution is -0.136. The van der Waals surface area contributed by atoms with Gasteiger partial charge in [0.2, 0.25) is 5.91 Å². The van der Waals surface area contributed by atoms with Gasteiger partial charge in [0.05, 0.1) is 19.1 Å². The Hall–Kier alpha value is -2.55. The van der Waals surface area contributed by atoms with Crippen LogP contribution in [0, 0.1) is 17.6 Å². The fourth-order valence-corrected chi connectivity index (χ4v) is 5.42. The average Bonchev–Trinajstić information content (AvgIpc) is 3.40. The van der Waals surface area contributed by atoms with Crippen LogP contribution in [0.2, 0.25) is 0 Å². The highest BCUT2D eigenvalue weighted by molar-refractivity contribution is 6.07. The van der Waals surface area contributed by atoms with Crippen molar-refractivity contribution in [2.75, 3.05) is 26.2 Å². The molecule has 3 aliphatic rings. The summed E-state index contributed by atoms with van der Waals surface area (Å²) in [6, 6.07) is 2.72. The van der Waals surface area contributed by atoms with E-state index >= 15 is 0 Å². The van der Waals surface area contributed by atoms with Crippen LogP contribution in [0.1, 0.15) is 51.0 Å². The Bertz CT molecular complexity index is 913. The first-order valence-corrected chi connectivity index (χ1v) is 11.8. The van der Waals surface area contributed by atoms with E-state index in [4.69, 9.17) is 4.74 Å². The van der Waals surface area contributed by atoms with Gasteiger partial charge in [-0.05, 0) is 56.2 Å². The van der Waals surface area contributed by atoms with Crippen LogP contribution in [-0.2, 0) is 20.7 Å². The van der Waals surface area contributed by atoms with Crippen molar-refractivity contribution in [1.82, 2.24) is 15.1 Å². The SMILES string of the molecule is CCC[C@@]1(C2CCN(C(=O)Cc3cc(F)ccc3F)CC2)NC(=O)N(C[C@H]2CCCO2)C1=O. The Labute approximate surface area is 192 Å². The summed E-state index contributed by atoms with van der Waals surface area (Å²) in [5.41, 5.74) is -0.929. The quantitative estimate of drug-likeness (QED) is 0.631. The molecule has 9 heteroatoms. The minimum absolute atomic E-state index is 0.0348. The van der Waals surface area contributed by atoms with Gasteiger partial charge in [0.15, 0.2) is 0 Å². The van der Waals surface area contributed by atoms with E-state index in [0.717, 1.165) is 37.5 Å². The van der Waals surface area contributed by atoms with E-state index in [0.29, 0.717) is 39.0 Å². The number of ether oxygens (including phenoxy) is 1. The summed E-state index contributed by atoms with van der Waals surface area (Å²) in [6.45, 7) is 3.71. The first-order valence-electron chi connectivity index (χ1n) is 11.8. The number of amides is 4. The van der Waals surface area contributed by atoms with Gasteiger partial charge in [0, 0.05) is 25.3 Å². The third-order valence-electron chi connectivity index (χ3n) is 7.15. The van der Waals surface area contributed by atoms with E-state index in [-0.39, 0.29) is 48.4 Å². The number of nitrogens with zero attached hydrogens (tertiary/aromatic N) is 2. The first-order chi connectivity index (χ1) is 15.8. The lowest BCUT2D eigenvalue weighted by atomic mass is 9.74. The third kappa shape index (κ3) is 4.74. The number of likely N-dealkylation sites (tertiary alicyclic amines) is 1. The molecule has 1 N–H and O–H groups in total. The predicted octanol–water partition coefficient (Wildman–Crippen LogP) is 3.02. The summed E-state index contributed by atoms with van der Waals surface area (Å²) in [5.74, 6) is -1.76. The zero-order valence-corrected chi connectivity index (χ0v) is 18.9. The molecule has 4 rings (SSSR count). The van der Waals surface area contributed by atoms with Gasteiger partial charge >= 0.3 is 6.03 Å². The third-order valence-corrected chi connectivity index (χ3v) is 7.15. The van der Waals surface area contributed by atoms with Crippen molar-refractivity contribution in [3.8, 4) is 0 Å². The molecule has 0 bridgehead atoms. The highest BCUT2D eigenvalue weighted by atomic mass is 19.1. The standard InChI is InChI=1S/C24H31F2N3O4/c1-2-9-24(22(31)29(23(32)27-24)15-19-4-3-12-33-19)17-7-10-28(11-8-17)21(30)14-16-13-18(25)5-6-20(16)26/h5-6,13,17,19H,2-4,7-12,14-15H2,1H3,(H,27,32)/t19-,24+/m1/s1. The monoisotopic (exact) mass is 463 g/mol. The number of imide groups is 1. The van der Waals surface area contributed by atoms with E-state index in [1.165, 1.54) is 4.90 Å². The fourth-order valence-electron chi connectivity index (χ4n) is 5.42. The number of hydrogen-bond acceptors (Lipinski definition) is 4. The number of piperidine rings is 1. The van der Waals surface area contributed by atoms with Crippen LogP contribution >= 0.6 is 0 Å². The Balaban J connectivity index is 1.41. The topological polar surface area (TPSA) is 79.0 Å². The molecule has 4 amide bonds. The van der Waals surface area contributed by atoms with Crippen LogP contribution in [0.4, 0.5) is 13.6 Å². The highest BCUT2D eigenvalue weighted by Crippen LogP contribution is 2.37. The number of rotatable bonds is 7. The number of hydrogen-bond donors (Lipinski definition) is 1. The van der Waals surface area contributed by atoms with Crippen LogP contribution in [-0.4, -0.2) is 65.5 Å². The molecular formula is C24H31F2N3O4. The van der Waals surface area contributed by atoms with Crippen LogP contribution < -0.4 is 5.32 Å². The minimum atomic E-state index is -0.964. The summed E-state index contributed by atoms with van der Waals surface area (Å²) in [5, 5.41) is 3.00. The molecule has 7 nitrogen and oxygen atoms in total. The Kier molecular flexibility index (Phi) is 6.97. The summed E-state index contributed by atoms with van der Waals surface area (Å²) in [7, 11) is 0. The van der Waals surface area contributed by atoms with Crippen molar-refractivity contribution in [3.05, 3.63) is 35.4 Å². The Morgan fingerprint density at radius 3 is 2.64 bits per heavy atom. The molecule has 0 unspecified atom stereocenters. The lowest BCUT2D eigenvalue weighted by Gasteiger charge is -2.41. The number of urea groups is 1. The number of carbonyl (C=O) groups excluding carboxylic acids is 3. The van der Waals surface area contributed by atoms with Gasteiger partial charge < -0.3 is 15.0 Å². The molecule has 3 heterocycles. The molecule has 0 radical (unpaired) electrons. The zero-order chi connectivity index (χ0) is 23.6. The lowest BCUT2D eigenvalue weighted by Crippen LogP contribution is -2.56. The van der Waals surface area contributed by atoms with Crippen molar-refractivity contribution in [3.63, 3.8) is 0 Å². The van der Waals surface area contributed by atoms with E-state index in [1.807, 2.05) is 6.92 Å². The Morgan fingerprint density at radius 2 is 1.97 bits per heavy atom. The van der Waals surface area contributed by atoms with Crippen molar-refractivity contribution < 1.29 is 27.9 Å². The summed E-state index contributed by atoms with van der Waals surface area (Å²) >= 11 is 0. The van der Waals surface area contributed by atoms with Crippen LogP contribution in [0.5, 0.6) is 0 Å².